The van der Waals surface area contributed by atoms with Crippen LogP contribution in [0.4, 0.5) is 13.2 Å². The zero-order valence-electron chi connectivity index (χ0n) is 37.7. The minimum atomic E-state index is -4.59. The van der Waals surface area contributed by atoms with Gasteiger partial charge in [-0.15, -0.1) is 0 Å². The molecule has 67 heavy (non-hydrogen) atoms. The Morgan fingerprint density at radius 2 is 0.910 bits per heavy atom. The van der Waals surface area contributed by atoms with Gasteiger partial charge in [-0.2, -0.15) is 18.4 Å². The molecule has 0 spiro atoms. The maximum atomic E-state index is 14.9. The normalized spacial score (nSPS) is 11.9. The first-order valence-electron chi connectivity index (χ1n) is 22.4. The Morgan fingerprint density at radius 3 is 1.48 bits per heavy atom. The second-order valence-corrected chi connectivity index (χ2v) is 18.0. The van der Waals surface area contributed by atoms with E-state index >= 15 is 0 Å². The van der Waals surface area contributed by atoms with E-state index in [2.05, 4.69) is 146 Å². The number of aromatic nitrogens is 2. The maximum absolute atomic E-state index is 14.9. The van der Waals surface area contributed by atoms with Crippen molar-refractivity contribution < 1.29 is 13.2 Å². The van der Waals surface area contributed by atoms with Crippen molar-refractivity contribution in [3.05, 3.63) is 215 Å². The molecule has 0 aliphatic rings. The second-order valence-electron chi connectivity index (χ2n) is 18.0. The number of alkyl halides is 3. The highest BCUT2D eigenvalue weighted by Gasteiger charge is 2.34. The third-order valence-electron chi connectivity index (χ3n) is 13.2. The van der Waals surface area contributed by atoms with Crippen LogP contribution in [0.1, 0.15) is 38.9 Å². The van der Waals surface area contributed by atoms with E-state index in [0.29, 0.717) is 27.8 Å². The number of para-hydroxylation sites is 2. The van der Waals surface area contributed by atoms with Crippen LogP contribution in [0.25, 0.3) is 99.5 Å². The van der Waals surface area contributed by atoms with Crippen molar-refractivity contribution in [1.82, 2.24) is 9.13 Å². The van der Waals surface area contributed by atoms with Gasteiger partial charge in [-0.25, -0.2) is 0 Å². The summed E-state index contributed by atoms with van der Waals surface area (Å²) < 4.78 is 49.1. The molecule has 0 fully saturated rings. The van der Waals surface area contributed by atoms with Gasteiger partial charge in [0, 0.05) is 38.4 Å². The molecule has 11 rings (SSSR count). The molecule has 0 aliphatic heterocycles. The molecular formula is C61H44F3N3. The Balaban J connectivity index is 1.18. The molecule has 3 nitrogen and oxygen atoms in total. The summed E-state index contributed by atoms with van der Waals surface area (Å²) >= 11 is 0. The minimum Gasteiger partial charge on any atom is -0.309 e. The number of rotatable bonds is 6. The largest absolute Gasteiger partial charge is 0.417 e. The van der Waals surface area contributed by atoms with Crippen molar-refractivity contribution in [3.8, 4) is 62.0 Å². The molecule has 2 heterocycles. The topological polar surface area (TPSA) is 33.6 Å². The summed E-state index contributed by atoms with van der Waals surface area (Å²) in [5.41, 5.74) is 16.6. The van der Waals surface area contributed by atoms with Crippen molar-refractivity contribution in [1.29, 1.82) is 5.26 Å². The van der Waals surface area contributed by atoms with Gasteiger partial charge in [-0.1, -0.05) is 131 Å². The molecule has 0 aliphatic carbocycles. The summed E-state index contributed by atoms with van der Waals surface area (Å²) in [5.74, 6) is 0. The van der Waals surface area contributed by atoms with Gasteiger partial charge in [-0.3, -0.25) is 0 Å². The summed E-state index contributed by atoms with van der Waals surface area (Å²) in [7, 11) is 0. The van der Waals surface area contributed by atoms with E-state index in [1.807, 2.05) is 48.5 Å². The van der Waals surface area contributed by atoms with Gasteiger partial charge in [0.2, 0.25) is 0 Å². The van der Waals surface area contributed by atoms with Crippen LogP contribution in [-0.4, -0.2) is 9.13 Å². The molecule has 0 bridgehead atoms. The quantitative estimate of drug-likeness (QED) is 0.164. The molecule has 0 unspecified atom stereocenters. The lowest BCUT2D eigenvalue weighted by atomic mass is 9.91. The van der Waals surface area contributed by atoms with Crippen LogP contribution in [0.15, 0.2) is 176 Å². The average molecular weight is 876 g/mol. The Morgan fingerprint density at radius 1 is 0.388 bits per heavy atom. The molecule has 0 saturated heterocycles. The van der Waals surface area contributed by atoms with Crippen molar-refractivity contribution >= 4 is 43.6 Å². The first-order valence-corrected chi connectivity index (χ1v) is 22.4. The van der Waals surface area contributed by atoms with Crippen LogP contribution >= 0.6 is 0 Å². The highest BCUT2D eigenvalue weighted by Crippen LogP contribution is 2.44. The predicted molar refractivity (Wildman–Crippen MR) is 270 cm³/mol. The minimum absolute atomic E-state index is 0.0721. The monoisotopic (exact) mass is 875 g/mol. The number of nitriles is 1. The van der Waals surface area contributed by atoms with Crippen molar-refractivity contribution in [3.63, 3.8) is 0 Å². The van der Waals surface area contributed by atoms with E-state index in [0.717, 1.165) is 77.2 Å². The van der Waals surface area contributed by atoms with E-state index < -0.39 is 11.7 Å². The smallest absolute Gasteiger partial charge is 0.309 e. The Labute approximate surface area is 387 Å². The summed E-state index contributed by atoms with van der Waals surface area (Å²) in [5, 5.41) is 15.2. The van der Waals surface area contributed by atoms with Crippen LogP contribution in [0.5, 0.6) is 0 Å². The molecule has 0 N–H and O–H groups in total. The molecule has 324 valence electrons. The number of hydrogen-bond donors (Lipinski definition) is 0. The number of benzene rings is 9. The SMILES string of the molecule is Cc1cc(C)cc(-c2ccc3c(c2)c2ccccc2n3-c2ccc(C#N)c(-c3cc(-c4ccc(C)cc4C(F)(F)F)ccc3-n3c4ccccc4c4cc(-c5cc(C)cc(C)c5)ccc43)c2)c1. The van der Waals surface area contributed by atoms with Crippen molar-refractivity contribution in [2.24, 2.45) is 0 Å². The predicted octanol–water partition coefficient (Wildman–Crippen LogP) is 17.0. The fourth-order valence-corrected chi connectivity index (χ4v) is 10.4. The van der Waals surface area contributed by atoms with Gasteiger partial charge in [0.1, 0.15) is 0 Å². The summed E-state index contributed by atoms with van der Waals surface area (Å²) in [4.78, 5) is 0. The van der Waals surface area contributed by atoms with Gasteiger partial charge in [0.05, 0.1) is 45.0 Å². The molecule has 2 aromatic heterocycles. The van der Waals surface area contributed by atoms with Crippen LogP contribution in [0.2, 0.25) is 0 Å². The van der Waals surface area contributed by atoms with Crippen LogP contribution in [0, 0.1) is 45.9 Å². The van der Waals surface area contributed by atoms with Crippen molar-refractivity contribution in [2.45, 2.75) is 40.8 Å². The van der Waals surface area contributed by atoms with Gasteiger partial charge in [0.15, 0.2) is 0 Å². The molecule has 0 saturated carbocycles. The third kappa shape index (κ3) is 7.15. The lowest BCUT2D eigenvalue weighted by molar-refractivity contribution is -0.137. The molecule has 11 aromatic rings. The van der Waals surface area contributed by atoms with Gasteiger partial charge in [0.25, 0.3) is 0 Å². The highest BCUT2D eigenvalue weighted by atomic mass is 19.4. The Bertz CT molecular complexity index is 3830. The zero-order chi connectivity index (χ0) is 46.3. The van der Waals surface area contributed by atoms with Crippen LogP contribution in [-0.2, 0) is 6.18 Å². The van der Waals surface area contributed by atoms with E-state index in [4.69, 9.17) is 0 Å². The fraction of sp³-hybridized carbons (Fsp3) is 0.0984. The molecule has 6 heteroatoms. The standard InChI is InChI=1S/C61H44F3N3/c1-36-14-20-48(55(30-36)61(62,63)64)43-18-23-60(67-57-13-9-7-11-50(57)53-32-42(17-22-59(53)67)46-28-39(4)25-40(5)29-46)54(33-43)51-34-47(19-15-44(51)35-65)66-56-12-8-6-10-49(56)52-31-41(16-21-58(52)66)45-26-37(2)24-38(3)27-45/h6-34H,1-5H3. The van der Waals surface area contributed by atoms with E-state index in [1.54, 1.807) is 25.1 Å². The second kappa shape index (κ2) is 15.8. The molecular weight excluding hydrogens is 832 g/mol. The molecule has 0 atom stereocenters. The van der Waals surface area contributed by atoms with Gasteiger partial charge in [-0.05, 0) is 141 Å². The number of hydrogen-bond acceptors (Lipinski definition) is 1. The lowest BCUT2D eigenvalue weighted by Crippen LogP contribution is -2.08. The average Bonchev–Trinajstić information content (AvgIpc) is 3.82. The third-order valence-corrected chi connectivity index (χ3v) is 13.2. The van der Waals surface area contributed by atoms with Gasteiger partial charge >= 0.3 is 6.18 Å². The van der Waals surface area contributed by atoms with E-state index in [-0.39, 0.29) is 5.56 Å². The van der Waals surface area contributed by atoms with Gasteiger partial charge < -0.3 is 9.13 Å². The molecule has 0 amide bonds. The lowest BCUT2D eigenvalue weighted by Gasteiger charge is -2.20. The number of halogens is 3. The summed E-state index contributed by atoms with van der Waals surface area (Å²) in [6.45, 7) is 10.1. The van der Waals surface area contributed by atoms with E-state index in [1.165, 1.54) is 28.3 Å². The fourth-order valence-electron chi connectivity index (χ4n) is 10.4. The first kappa shape index (κ1) is 41.6. The number of nitrogens with zero attached hydrogens (tertiary/aromatic N) is 3. The van der Waals surface area contributed by atoms with E-state index in [9.17, 15) is 18.4 Å². The Hall–Kier alpha value is -8.14. The van der Waals surface area contributed by atoms with Crippen molar-refractivity contribution in [2.75, 3.05) is 0 Å². The maximum Gasteiger partial charge on any atom is 0.417 e. The molecule has 0 radical (unpaired) electrons. The number of fused-ring (bicyclic) bond motifs is 6. The molecule has 9 aromatic carbocycles. The zero-order valence-corrected chi connectivity index (χ0v) is 37.7. The highest BCUT2D eigenvalue weighted by molar-refractivity contribution is 6.12. The summed E-state index contributed by atoms with van der Waals surface area (Å²) in [6, 6.07) is 61.1. The first-order chi connectivity index (χ1) is 32.3. The van der Waals surface area contributed by atoms with Crippen LogP contribution < -0.4 is 0 Å². The summed E-state index contributed by atoms with van der Waals surface area (Å²) in [6.07, 6.45) is -4.59. The van der Waals surface area contributed by atoms with Crippen LogP contribution in [0.3, 0.4) is 0 Å². The number of aryl methyl sites for hydroxylation is 5. The Kier molecular flexibility index (Phi) is 9.79.